The van der Waals surface area contributed by atoms with Crippen molar-refractivity contribution in [2.24, 2.45) is 0 Å². The molecule has 0 fully saturated rings. The van der Waals surface area contributed by atoms with Gasteiger partial charge in [-0.15, -0.1) is 12.6 Å². The molecule has 22 heavy (non-hydrogen) atoms. The third-order valence-electron chi connectivity index (χ3n) is 3.34. The molecule has 2 nitrogen and oxygen atoms in total. The Morgan fingerprint density at radius 2 is 1.86 bits per heavy atom. The summed E-state index contributed by atoms with van der Waals surface area (Å²) in [6.07, 6.45) is 0. The molecule has 0 radical (unpaired) electrons. The summed E-state index contributed by atoms with van der Waals surface area (Å²) in [6.45, 7) is 1.63. The number of hydrogen-bond acceptors (Lipinski definition) is 3. The summed E-state index contributed by atoms with van der Waals surface area (Å²) in [5.74, 6) is -0.791. The van der Waals surface area contributed by atoms with Crippen LogP contribution in [0.4, 0.5) is 8.78 Å². The van der Waals surface area contributed by atoms with E-state index in [0.29, 0.717) is 22.5 Å². The zero-order valence-electron chi connectivity index (χ0n) is 11.5. The van der Waals surface area contributed by atoms with Gasteiger partial charge in [0.05, 0.1) is 11.4 Å². The van der Waals surface area contributed by atoms with Crippen molar-refractivity contribution in [3.63, 3.8) is 0 Å². The van der Waals surface area contributed by atoms with Gasteiger partial charge in [-0.1, -0.05) is 17.4 Å². The minimum absolute atomic E-state index is 0.212. The monoisotopic (exact) mass is 335 g/mol. The van der Waals surface area contributed by atoms with E-state index >= 15 is 0 Å². The average Bonchev–Trinajstić information content (AvgIpc) is 2.87. The molecule has 0 spiro atoms. The lowest BCUT2D eigenvalue weighted by atomic mass is 10.1. The highest BCUT2D eigenvalue weighted by Crippen LogP contribution is 2.26. The first-order valence-corrected chi connectivity index (χ1v) is 7.76. The number of rotatable bonds is 2. The smallest absolute Gasteiger partial charge is 0.267 e. The second-order valence-corrected chi connectivity index (χ2v) is 6.12. The SMILES string of the molecule is Cc1cc(-n2c(-c3ccc(S)c(F)c3)csc2=O)ccc1F. The van der Waals surface area contributed by atoms with Gasteiger partial charge in [0, 0.05) is 15.8 Å². The first-order chi connectivity index (χ1) is 10.5. The molecule has 0 unspecified atom stereocenters. The highest BCUT2D eigenvalue weighted by atomic mass is 32.1. The average molecular weight is 335 g/mol. The Labute approximate surface area is 135 Å². The molecule has 0 aliphatic carbocycles. The van der Waals surface area contributed by atoms with Gasteiger partial charge in [0.25, 0.3) is 0 Å². The van der Waals surface area contributed by atoms with Crippen LogP contribution < -0.4 is 4.87 Å². The van der Waals surface area contributed by atoms with Gasteiger partial charge in [-0.05, 0) is 42.8 Å². The van der Waals surface area contributed by atoms with Crippen LogP contribution in [-0.4, -0.2) is 4.57 Å². The lowest BCUT2D eigenvalue weighted by Crippen LogP contribution is -2.12. The maximum absolute atomic E-state index is 13.7. The highest BCUT2D eigenvalue weighted by Gasteiger charge is 2.13. The number of aromatic nitrogens is 1. The van der Waals surface area contributed by atoms with E-state index in [2.05, 4.69) is 12.6 Å². The van der Waals surface area contributed by atoms with E-state index in [0.717, 1.165) is 11.3 Å². The van der Waals surface area contributed by atoms with Crippen LogP contribution in [-0.2, 0) is 0 Å². The molecule has 112 valence electrons. The van der Waals surface area contributed by atoms with Crippen molar-refractivity contribution < 1.29 is 8.78 Å². The maximum Gasteiger partial charge on any atom is 0.312 e. The predicted octanol–water partition coefficient (Wildman–Crippen LogP) is 4.44. The molecule has 1 heterocycles. The fourth-order valence-electron chi connectivity index (χ4n) is 2.19. The van der Waals surface area contributed by atoms with E-state index in [1.807, 2.05) is 0 Å². The Morgan fingerprint density at radius 3 is 2.55 bits per heavy atom. The van der Waals surface area contributed by atoms with E-state index in [4.69, 9.17) is 0 Å². The van der Waals surface area contributed by atoms with Gasteiger partial charge in [0.2, 0.25) is 0 Å². The van der Waals surface area contributed by atoms with Crippen molar-refractivity contribution in [3.8, 4) is 16.9 Å². The van der Waals surface area contributed by atoms with Gasteiger partial charge in [-0.25, -0.2) is 8.78 Å². The fourth-order valence-corrected chi connectivity index (χ4v) is 3.09. The van der Waals surface area contributed by atoms with Crippen LogP contribution in [0.1, 0.15) is 5.56 Å². The predicted molar refractivity (Wildman–Crippen MR) is 87.3 cm³/mol. The summed E-state index contributed by atoms with van der Waals surface area (Å²) in [7, 11) is 0. The summed E-state index contributed by atoms with van der Waals surface area (Å²) in [5.41, 5.74) is 2.12. The number of benzene rings is 2. The fraction of sp³-hybridized carbons (Fsp3) is 0.0625. The van der Waals surface area contributed by atoms with Crippen molar-refractivity contribution >= 4 is 24.0 Å². The molecule has 1 aromatic heterocycles. The molecular weight excluding hydrogens is 324 g/mol. The number of thiol groups is 1. The van der Waals surface area contributed by atoms with E-state index in [1.165, 1.54) is 28.8 Å². The molecule has 0 amide bonds. The van der Waals surface area contributed by atoms with Crippen LogP contribution in [0.2, 0.25) is 0 Å². The van der Waals surface area contributed by atoms with E-state index in [1.54, 1.807) is 24.4 Å². The van der Waals surface area contributed by atoms with Gasteiger partial charge in [0.15, 0.2) is 0 Å². The van der Waals surface area contributed by atoms with Crippen LogP contribution in [0.15, 0.2) is 51.5 Å². The van der Waals surface area contributed by atoms with Crippen LogP contribution in [0.3, 0.4) is 0 Å². The summed E-state index contributed by atoms with van der Waals surface area (Å²) in [5, 5.41) is 1.66. The zero-order valence-corrected chi connectivity index (χ0v) is 13.2. The van der Waals surface area contributed by atoms with Crippen molar-refractivity contribution in [3.05, 3.63) is 68.6 Å². The Hall–Kier alpha value is -1.92. The Balaban J connectivity index is 2.21. The van der Waals surface area contributed by atoms with Gasteiger partial charge < -0.3 is 0 Å². The topological polar surface area (TPSA) is 22.0 Å². The number of thiazole rings is 1. The molecule has 3 aromatic rings. The molecule has 2 aromatic carbocycles. The minimum Gasteiger partial charge on any atom is -0.267 e. The van der Waals surface area contributed by atoms with E-state index < -0.39 is 5.82 Å². The Morgan fingerprint density at radius 1 is 1.09 bits per heavy atom. The van der Waals surface area contributed by atoms with Crippen LogP contribution >= 0.6 is 24.0 Å². The lowest BCUT2D eigenvalue weighted by molar-refractivity contribution is 0.603. The van der Waals surface area contributed by atoms with Crippen LogP contribution in [0, 0.1) is 18.6 Å². The summed E-state index contributed by atoms with van der Waals surface area (Å²) < 4.78 is 28.6. The van der Waals surface area contributed by atoms with Crippen molar-refractivity contribution in [2.75, 3.05) is 0 Å². The van der Waals surface area contributed by atoms with Gasteiger partial charge in [-0.3, -0.25) is 9.36 Å². The van der Waals surface area contributed by atoms with Crippen molar-refractivity contribution in [1.82, 2.24) is 4.57 Å². The molecule has 0 aliphatic rings. The van der Waals surface area contributed by atoms with Crippen molar-refractivity contribution in [1.29, 1.82) is 0 Å². The number of nitrogens with zero attached hydrogens (tertiary/aromatic N) is 1. The first-order valence-electron chi connectivity index (χ1n) is 6.43. The highest BCUT2D eigenvalue weighted by molar-refractivity contribution is 7.80. The molecular formula is C16H11F2NOS2. The molecule has 0 atom stereocenters. The number of halogens is 2. The largest absolute Gasteiger partial charge is 0.312 e. The summed E-state index contributed by atoms with van der Waals surface area (Å²) in [4.78, 5) is 12.2. The van der Waals surface area contributed by atoms with Crippen LogP contribution in [0.5, 0.6) is 0 Å². The van der Waals surface area contributed by atoms with Gasteiger partial charge in [-0.2, -0.15) is 0 Å². The molecule has 0 N–H and O–H groups in total. The molecule has 3 rings (SSSR count). The van der Waals surface area contributed by atoms with Crippen LogP contribution in [0.25, 0.3) is 16.9 Å². The minimum atomic E-state index is -0.457. The second kappa shape index (κ2) is 5.70. The summed E-state index contributed by atoms with van der Waals surface area (Å²) in [6, 6.07) is 9.00. The zero-order chi connectivity index (χ0) is 15.9. The normalized spacial score (nSPS) is 10.9. The molecule has 0 saturated heterocycles. The third kappa shape index (κ3) is 2.60. The first kappa shape index (κ1) is 15.0. The number of aryl methyl sites for hydroxylation is 1. The van der Waals surface area contributed by atoms with Gasteiger partial charge in [0.1, 0.15) is 11.6 Å². The molecule has 0 bridgehead atoms. The van der Waals surface area contributed by atoms with Gasteiger partial charge >= 0.3 is 4.87 Å². The second-order valence-electron chi connectivity index (χ2n) is 4.82. The number of hydrogen-bond donors (Lipinski definition) is 1. The quantitative estimate of drug-likeness (QED) is 0.687. The standard InChI is InChI=1S/C16H11F2NOS2/c1-9-6-11(3-4-12(9)17)19-14(8-22-16(19)20)10-2-5-15(21)13(18)7-10/h2-8,21H,1H3. The summed E-state index contributed by atoms with van der Waals surface area (Å²) >= 11 is 5.01. The maximum atomic E-state index is 13.7. The third-order valence-corrected chi connectivity index (χ3v) is 4.43. The Bertz CT molecular complexity index is 915. The molecule has 0 saturated carbocycles. The van der Waals surface area contributed by atoms with E-state index in [9.17, 15) is 13.6 Å². The van der Waals surface area contributed by atoms with Crippen molar-refractivity contribution in [2.45, 2.75) is 11.8 Å². The molecule has 6 heteroatoms. The Kier molecular flexibility index (Phi) is 3.88. The lowest BCUT2D eigenvalue weighted by Gasteiger charge is -2.09. The molecule has 0 aliphatic heterocycles. The van der Waals surface area contributed by atoms with E-state index in [-0.39, 0.29) is 15.6 Å².